The molecule has 2 aromatic rings. The first-order valence-electron chi connectivity index (χ1n) is 6.22. The van der Waals surface area contributed by atoms with Gasteiger partial charge in [-0.3, -0.25) is 0 Å². The van der Waals surface area contributed by atoms with Crippen LogP contribution in [0.5, 0.6) is 0 Å². The minimum absolute atomic E-state index is 0.468. The van der Waals surface area contributed by atoms with E-state index in [4.69, 9.17) is 0 Å². The van der Waals surface area contributed by atoms with Crippen LogP contribution in [-0.2, 0) is 0 Å². The maximum absolute atomic E-state index is 2.34. The molecule has 0 saturated carbocycles. The molecule has 0 radical (unpaired) electrons. The lowest BCUT2D eigenvalue weighted by Gasteiger charge is -2.17. The monoisotopic (exact) mass is 224 g/mol. The fourth-order valence-electron chi connectivity index (χ4n) is 2.37. The van der Waals surface area contributed by atoms with Gasteiger partial charge < -0.3 is 0 Å². The van der Waals surface area contributed by atoms with Crippen LogP contribution in [0.1, 0.15) is 40.7 Å². The third-order valence-corrected chi connectivity index (χ3v) is 3.65. The van der Waals surface area contributed by atoms with Crippen molar-refractivity contribution < 1.29 is 0 Å². The largest absolute Gasteiger partial charge is 0.0622 e. The van der Waals surface area contributed by atoms with Gasteiger partial charge in [0.25, 0.3) is 0 Å². The van der Waals surface area contributed by atoms with E-state index in [2.05, 4.69) is 70.2 Å². The second kappa shape index (κ2) is 4.75. The molecule has 0 fully saturated rings. The van der Waals surface area contributed by atoms with Gasteiger partial charge in [-0.1, -0.05) is 49.4 Å². The Labute approximate surface area is 104 Å². The summed E-state index contributed by atoms with van der Waals surface area (Å²) in [4.78, 5) is 0. The van der Waals surface area contributed by atoms with Gasteiger partial charge in [0.05, 0.1) is 0 Å². The molecular formula is C17H20. The molecule has 0 aliphatic heterocycles. The number of hydrogen-bond acceptors (Lipinski definition) is 0. The average molecular weight is 224 g/mol. The molecule has 0 N–H and O–H groups in total. The van der Waals surface area contributed by atoms with Gasteiger partial charge in [-0.05, 0) is 48.6 Å². The molecule has 1 unspecified atom stereocenters. The second-order valence-electron chi connectivity index (χ2n) is 4.93. The molecular weight excluding hydrogens is 204 g/mol. The third kappa shape index (κ3) is 2.41. The van der Waals surface area contributed by atoms with Crippen LogP contribution < -0.4 is 0 Å². The molecule has 0 saturated heterocycles. The third-order valence-electron chi connectivity index (χ3n) is 3.65. The average Bonchev–Trinajstić information content (AvgIpc) is 2.34. The molecule has 88 valence electrons. The maximum Gasteiger partial charge on any atom is 0.00637 e. The van der Waals surface area contributed by atoms with Crippen LogP contribution in [0.25, 0.3) is 0 Å². The molecule has 17 heavy (non-hydrogen) atoms. The topological polar surface area (TPSA) is 0 Å². The van der Waals surface area contributed by atoms with E-state index in [0.29, 0.717) is 5.92 Å². The van der Waals surface area contributed by atoms with E-state index in [1.807, 2.05) is 0 Å². The molecule has 2 aromatic carbocycles. The smallest absolute Gasteiger partial charge is 0.00637 e. The van der Waals surface area contributed by atoms with Gasteiger partial charge in [0.1, 0.15) is 0 Å². The Morgan fingerprint density at radius 1 is 0.765 bits per heavy atom. The molecule has 0 bridgehead atoms. The van der Waals surface area contributed by atoms with Gasteiger partial charge in [0.2, 0.25) is 0 Å². The Morgan fingerprint density at radius 2 is 1.35 bits per heavy atom. The van der Waals surface area contributed by atoms with Crippen molar-refractivity contribution in [2.75, 3.05) is 0 Å². The van der Waals surface area contributed by atoms with E-state index in [1.54, 1.807) is 0 Å². The summed E-state index contributed by atoms with van der Waals surface area (Å²) in [6.07, 6.45) is 0. The predicted molar refractivity (Wildman–Crippen MR) is 74.6 cm³/mol. The molecule has 0 heteroatoms. The fraction of sp³-hybridized carbons (Fsp3) is 0.294. The van der Waals surface area contributed by atoms with Crippen LogP contribution in [0.2, 0.25) is 0 Å². The van der Waals surface area contributed by atoms with Crippen LogP contribution in [0.15, 0.2) is 42.5 Å². The van der Waals surface area contributed by atoms with Crippen LogP contribution in [0, 0.1) is 20.8 Å². The van der Waals surface area contributed by atoms with E-state index >= 15 is 0 Å². The van der Waals surface area contributed by atoms with Gasteiger partial charge in [0, 0.05) is 5.92 Å². The fourth-order valence-corrected chi connectivity index (χ4v) is 2.37. The number of hydrogen-bond donors (Lipinski definition) is 0. The van der Waals surface area contributed by atoms with Crippen LogP contribution in [0.3, 0.4) is 0 Å². The molecule has 0 spiro atoms. The van der Waals surface area contributed by atoms with E-state index in [0.717, 1.165) is 0 Å². The van der Waals surface area contributed by atoms with Gasteiger partial charge in [-0.25, -0.2) is 0 Å². The van der Waals surface area contributed by atoms with Crippen molar-refractivity contribution in [1.82, 2.24) is 0 Å². The molecule has 0 amide bonds. The summed E-state index contributed by atoms with van der Waals surface area (Å²) < 4.78 is 0. The maximum atomic E-state index is 2.34. The number of rotatable bonds is 2. The lowest BCUT2D eigenvalue weighted by molar-refractivity contribution is 0.906. The van der Waals surface area contributed by atoms with Crippen molar-refractivity contribution in [3.05, 3.63) is 70.3 Å². The quantitative estimate of drug-likeness (QED) is 0.689. The summed E-state index contributed by atoms with van der Waals surface area (Å²) in [5.74, 6) is 0.468. The Morgan fingerprint density at radius 3 is 2.00 bits per heavy atom. The zero-order chi connectivity index (χ0) is 12.4. The molecule has 2 rings (SSSR count). The van der Waals surface area contributed by atoms with Crippen LogP contribution in [-0.4, -0.2) is 0 Å². The highest BCUT2D eigenvalue weighted by Crippen LogP contribution is 2.28. The van der Waals surface area contributed by atoms with E-state index in [-0.39, 0.29) is 0 Å². The Balaban J connectivity index is 2.44. The summed E-state index contributed by atoms with van der Waals surface area (Å²) in [6.45, 7) is 8.86. The normalized spacial score (nSPS) is 12.5. The van der Waals surface area contributed by atoms with E-state index in [9.17, 15) is 0 Å². The Bertz CT molecular complexity index is 509. The van der Waals surface area contributed by atoms with Gasteiger partial charge in [-0.2, -0.15) is 0 Å². The van der Waals surface area contributed by atoms with E-state index in [1.165, 1.54) is 27.8 Å². The first-order valence-corrected chi connectivity index (χ1v) is 6.22. The summed E-state index contributed by atoms with van der Waals surface area (Å²) in [7, 11) is 0. The summed E-state index contributed by atoms with van der Waals surface area (Å²) >= 11 is 0. The SMILES string of the molecule is Cc1cc(C)c(C(C)c2ccccc2)cc1C. The van der Waals surface area contributed by atoms with Crippen molar-refractivity contribution in [2.45, 2.75) is 33.6 Å². The summed E-state index contributed by atoms with van der Waals surface area (Å²) in [5.41, 5.74) is 6.99. The Kier molecular flexibility index (Phi) is 3.33. The van der Waals surface area contributed by atoms with Gasteiger partial charge in [-0.15, -0.1) is 0 Å². The van der Waals surface area contributed by atoms with Crippen molar-refractivity contribution in [1.29, 1.82) is 0 Å². The highest BCUT2D eigenvalue weighted by molar-refractivity contribution is 5.42. The highest BCUT2D eigenvalue weighted by Gasteiger charge is 2.11. The molecule has 0 aromatic heterocycles. The van der Waals surface area contributed by atoms with Crippen LogP contribution in [0.4, 0.5) is 0 Å². The van der Waals surface area contributed by atoms with Gasteiger partial charge in [0.15, 0.2) is 0 Å². The first-order chi connectivity index (χ1) is 8.09. The minimum atomic E-state index is 0.468. The van der Waals surface area contributed by atoms with Crippen molar-refractivity contribution in [3.63, 3.8) is 0 Å². The lowest BCUT2D eigenvalue weighted by atomic mass is 9.88. The minimum Gasteiger partial charge on any atom is -0.0622 e. The molecule has 0 aliphatic carbocycles. The van der Waals surface area contributed by atoms with Crippen LogP contribution >= 0.6 is 0 Å². The van der Waals surface area contributed by atoms with E-state index < -0.39 is 0 Å². The number of benzene rings is 2. The predicted octanol–water partition coefficient (Wildman–Crippen LogP) is 4.76. The molecule has 0 nitrogen and oxygen atoms in total. The van der Waals surface area contributed by atoms with Crippen molar-refractivity contribution >= 4 is 0 Å². The lowest BCUT2D eigenvalue weighted by Crippen LogP contribution is -2.00. The summed E-state index contributed by atoms with van der Waals surface area (Å²) in [5, 5.41) is 0. The van der Waals surface area contributed by atoms with Crippen molar-refractivity contribution in [3.8, 4) is 0 Å². The van der Waals surface area contributed by atoms with Gasteiger partial charge >= 0.3 is 0 Å². The highest BCUT2D eigenvalue weighted by atomic mass is 14.2. The number of aryl methyl sites for hydroxylation is 3. The Hall–Kier alpha value is -1.56. The standard InChI is InChI=1S/C17H20/c1-12-10-14(3)17(11-13(12)2)15(4)16-8-6-5-7-9-16/h5-11,15H,1-4H3. The first kappa shape index (κ1) is 11.9. The molecule has 0 heterocycles. The zero-order valence-electron chi connectivity index (χ0n) is 11.1. The second-order valence-corrected chi connectivity index (χ2v) is 4.93. The summed E-state index contributed by atoms with van der Waals surface area (Å²) in [6, 6.07) is 15.3. The van der Waals surface area contributed by atoms with Crippen molar-refractivity contribution in [2.24, 2.45) is 0 Å². The molecule has 1 atom stereocenters. The molecule has 0 aliphatic rings. The zero-order valence-corrected chi connectivity index (χ0v) is 11.1.